The first kappa shape index (κ1) is 22.0. The molecule has 0 aromatic rings. The first-order valence-electron chi connectivity index (χ1n) is 9.29. The lowest BCUT2D eigenvalue weighted by molar-refractivity contribution is -0.569. The molecule has 0 aliphatic carbocycles. The molecule has 0 aromatic heterocycles. The molecule has 0 radical (unpaired) electrons. The van der Waals surface area contributed by atoms with Crippen molar-refractivity contribution in [2.75, 3.05) is 19.8 Å². The quantitative estimate of drug-likeness (QED) is 0.445. The van der Waals surface area contributed by atoms with Crippen LogP contribution in [0.3, 0.4) is 0 Å². The number of unbranched alkanes of at least 4 members (excludes halogenated alkanes) is 7. The summed E-state index contributed by atoms with van der Waals surface area (Å²) in [6.45, 7) is 2.07. The summed E-state index contributed by atoms with van der Waals surface area (Å²) in [6, 6.07) is 0. The zero-order valence-corrected chi connectivity index (χ0v) is 16.0. The van der Waals surface area contributed by atoms with Crippen LogP contribution in [0.2, 0.25) is 0 Å². The number of aliphatic hydroxyl groups excluding tert-OH is 1. The van der Waals surface area contributed by atoms with Gasteiger partial charge >= 0.3 is 16.4 Å². The average molecular weight is 398 g/mol. The zero-order valence-electron chi connectivity index (χ0n) is 15.2. The fourth-order valence-electron chi connectivity index (χ4n) is 3.02. The molecule has 0 aromatic carbocycles. The number of hydrogen-bond donors (Lipinski definition) is 2. The maximum absolute atomic E-state index is 11.6. The molecule has 26 heavy (non-hydrogen) atoms. The first-order chi connectivity index (χ1) is 12.4. The van der Waals surface area contributed by atoms with Crippen LogP contribution in [0.5, 0.6) is 0 Å². The molecule has 9 nitrogen and oxygen atoms in total. The van der Waals surface area contributed by atoms with Gasteiger partial charge in [-0.2, -0.15) is 12.6 Å². The molecule has 1 atom stereocenters. The van der Waals surface area contributed by atoms with Gasteiger partial charge in [0, 0.05) is 6.42 Å². The first-order valence-corrected chi connectivity index (χ1v) is 10.6. The minimum absolute atomic E-state index is 0.00536. The Morgan fingerprint density at radius 2 is 1.62 bits per heavy atom. The van der Waals surface area contributed by atoms with E-state index in [4.69, 9.17) is 27.7 Å². The van der Waals surface area contributed by atoms with Gasteiger partial charge in [0.2, 0.25) is 0 Å². The molecule has 1 spiro atoms. The van der Waals surface area contributed by atoms with Crippen molar-refractivity contribution in [1.29, 1.82) is 0 Å². The van der Waals surface area contributed by atoms with Crippen LogP contribution >= 0.6 is 0 Å². The van der Waals surface area contributed by atoms with E-state index in [1.165, 1.54) is 25.7 Å². The summed E-state index contributed by atoms with van der Waals surface area (Å²) in [6.07, 6.45) is 7.43. The van der Waals surface area contributed by atoms with Gasteiger partial charge in [-0.05, 0) is 6.42 Å². The van der Waals surface area contributed by atoms with Crippen molar-refractivity contribution in [2.45, 2.75) is 82.8 Å². The van der Waals surface area contributed by atoms with Gasteiger partial charge in [-0.25, -0.2) is 4.18 Å². The number of ether oxygens (including phenoxy) is 3. The average Bonchev–Trinajstić information content (AvgIpc) is 2.76. The second kappa shape index (κ2) is 9.74. The Bertz CT molecular complexity index is 518. The highest BCUT2D eigenvalue weighted by Gasteiger charge is 2.73. The summed E-state index contributed by atoms with van der Waals surface area (Å²) in [7, 11) is -4.41. The van der Waals surface area contributed by atoms with Gasteiger partial charge in [-0.3, -0.25) is 9.47 Å². The SMILES string of the molecule is CCCCCCCCCCC1(O)OS(=O)(=O)OC12OC(COCCO)O2. The lowest BCUT2D eigenvalue weighted by Crippen LogP contribution is -2.67. The molecular formula is C16H30O9S. The van der Waals surface area contributed by atoms with Crippen molar-refractivity contribution < 1.29 is 41.2 Å². The second-order valence-electron chi connectivity index (χ2n) is 6.60. The fraction of sp³-hybridized carbons (Fsp3) is 1.00. The fourth-order valence-corrected chi connectivity index (χ4v) is 4.05. The minimum atomic E-state index is -4.41. The van der Waals surface area contributed by atoms with Crippen LogP contribution in [0.4, 0.5) is 0 Å². The molecule has 2 saturated heterocycles. The summed E-state index contributed by atoms with van der Waals surface area (Å²) in [4.78, 5) is 0. The van der Waals surface area contributed by atoms with Gasteiger partial charge in [-0.15, -0.1) is 0 Å². The maximum Gasteiger partial charge on any atom is 0.407 e. The van der Waals surface area contributed by atoms with Crippen molar-refractivity contribution >= 4 is 10.4 Å². The second-order valence-corrected chi connectivity index (χ2v) is 7.75. The minimum Gasteiger partial charge on any atom is -0.394 e. The van der Waals surface area contributed by atoms with Crippen LogP contribution in [0.15, 0.2) is 0 Å². The number of rotatable bonds is 13. The normalized spacial score (nSPS) is 32.8. The van der Waals surface area contributed by atoms with E-state index in [1.54, 1.807) is 0 Å². The van der Waals surface area contributed by atoms with Crippen molar-refractivity contribution in [3.05, 3.63) is 0 Å². The molecule has 2 fully saturated rings. The summed E-state index contributed by atoms with van der Waals surface area (Å²) < 4.78 is 48.3. The van der Waals surface area contributed by atoms with Crippen molar-refractivity contribution in [1.82, 2.24) is 0 Å². The van der Waals surface area contributed by atoms with Gasteiger partial charge in [0.1, 0.15) is 0 Å². The zero-order chi connectivity index (χ0) is 19.1. The molecule has 0 saturated carbocycles. The third-order valence-electron chi connectivity index (χ3n) is 4.36. The Morgan fingerprint density at radius 3 is 2.23 bits per heavy atom. The molecule has 2 aliphatic rings. The van der Waals surface area contributed by atoms with Gasteiger partial charge in [0.05, 0.1) is 19.8 Å². The van der Waals surface area contributed by atoms with E-state index in [2.05, 4.69) is 6.92 Å². The molecule has 0 amide bonds. The predicted octanol–water partition coefficient (Wildman–Crippen LogP) is 1.53. The van der Waals surface area contributed by atoms with E-state index in [9.17, 15) is 13.5 Å². The van der Waals surface area contributed by atoms with Crippen LogP contribution in [-0.2, 0) is 33.0 Å². The molecule has 2 heterocycles. The number of hydrogen-bond acceptors (Lipinski definition) is 9. The summed E-state index contributed by atoms with van der Waals surface area (Å²) in [5.41, 5.74) is 0. The van der Waals surface area contributed by atoms with Crippen molar-refractivity contribution in [3.63, 3.8) is 0 Å². The standard InChI is InChI=1S/C16H30O9S/c1-2-3-4-5-6-7-8-9-10-15(18)16(25-26(19,20)24-15)22-14(23-16)13-21-12-11-17/h14,17-18H,2-13H2,1H3. The Morgan fingerprint density at radius 1 is 1.00 bits per heavy atom. The summed E-state index contributed by atoms with van der Waals surface area (Å²) in [5, 5.41) is 19.3. The summed E-state index contributed by atoms with van der Waals surface area (Å²) in [5.74, 6) is -4.40. The third kappa shape index (κ3) is 5.59. The van der Waals surface area contributed by atoms with E-state index in [1.807, 2.05) is 0 Å². The topological polar surface area (TPSA) is 121 Å². The van der Waals surface area contributed by atoms with E-state index < -0.39 is 28.4 Å². The lowest BCUT2D eigenvalue weighted by Gasteiger charge is -2.46. The Hall–Kier alpha value is -0.330. The smallest absolute Gasteiger partial charge is 0.394 e. The maximum atomic E-state index is 11.6. The summed E-state index contributed by atoms with van der Waals surface area (Å²) >= 11 is 0. The highest BCUT2D eigenvalue weighted by atomic mass is 32.3. The molecule has 154 valence electrons. The van der Waals surface area contributed by atoms with Crippen LogP contribution < -0.4 is 0 Å². The van der Waals surface area contributed by atoms with E-state index in [0.717, 1.165) is 19.3 Å². The highest BCUT2D eigenvalue weighted by Crippen LogP contribution is 2.50. The molecular weight excluding hydrogens is 368 g/mol. The van der Waals surface area contributed by atoms with Gasteiger partial charge in [0.25, 0.3) is 5.79 Å². The molecule has 2 N–H and O–H groups in total. The molecule has 10 heteroatoms. The van der Waals surface area contributed by atoms with E-state index in [-0.39, 0.29) is 26.2 Å². The van der Waals surface area contributed by atoms with Crippen molar-refractivity contribution in [2.24, 2.45) is 0 Å². The van der Waals surface area contributed by atoms with E-state index >= 15 is 0 Å². The van der Waals surface area contributed by atoms with Crippen molar-refractivity contribution in [3.8, 4) is 0 Å². The van der Waals surface area contributed by atoms with Gasteiger partial charge in [-0.1, -0.05) is 51.9 Å². The van der Waals surface area contributed by atoms with Gasteiger partial charge in [0.15, 0.2) is 6.29 Å². The molecule has 2 rings (SSSR count). The van der Waals surface area contributed by atoms with Gasteiger partial charge < -0.3 is 14.9 Å². The monoisotopic (exact) mass is 398 g/mol. The number of aliphatic hydroxyl groups is 2. The molecule has 0 bridgehead atoms. The van der Waals surface area contributed by atoms with Crippen LogP contribution in [0.25, 0.3) is 0 Å². The predicted molar refractivity (Wildman–Crippen MR) is 89.9 cm³/mol. The van der Waals surface area contributed by atoms with E-state index in [0.29, 0.717) is 6.42 Å². The Kier molecular flexibility index (Phi) is 8.23. The lowest BCUT2D eigenvalue weighted by atomic mass is 10.0. The third-order valence-corrected chi connectivity index (χ3v) is 5.27. The van der Waals surface area contributed by atoms with Crippen LogP contribution in [0, 0.1) is 0 Å². The Balaban J connectivity index is 1.76. The highest BCUT2D eigenvalue weighted by molar-refractivity contribution is 7.82. The Labute approximate surface area is 154 Å². The largest absolute Gasteiger partial charge is 0.407 e. The van der Waals surface area contributed by atoms with Crippen LogP contribution in [-0.4, -0.2) is 56.5 Å². The molecule has 2 aliphatic heterocycles. The molecule has 1 unspecified atom stereocenters. The van der Waals surface area contributed by atoms with Crippen LogP contribution in [0.1, 0.15) is 64.7 Å².